The molecule has 0 saturated carbocycles. The van der Waals surface area contributed by atoms with Crippen molar-refractivity contribution in [1.82, 2.24) is 0 Å². The van der Waals surface area contributed by atoms with E-state index in [-0.39, 0.29) is 0 Å². The SMILES string of the molecule is c1cc(-c2ccc3ccccc3c2)cc(-c2c3ccccc3c(-c3c4oc5ccccc5c4cc4oc5ccccc5c34)c3ccccc23)c1. The highest BCUT2D eigenvalue weighted by Crippen LogP contribution is 2.51. The second-order valence-corrected chi connectivity index (χ2v) is 13.2. The molecule has 50 heavy (non-hydrogen) atoms. The number of hydrogen-bond acceptors (Lipinski definition) is 2. The van der Waals surface area contributed by atoms with E-state index in [0.29, 0.717) is 0 Å². The van der Waals surface area contributed by atoms with E-state index >= 15 is 0 Å². The Morgan fingerprint density at radius 2 is 0.840 bits per heavy atom. The standard InChI is InChI=1S/C48H28O2/c1-2-13-30-26-32(25-24-29(30)12-1)31-14-11-15-33(27-31)44-35-17-3-5-19-37(35)45(38-20-6-4-18-36(38)44)47-46-39-21-8-10-23-42(39)49-43(46)28-40-34-16-7-9-22-41(34)50-48(40)47/h1-28H. The van der Waals surface area contributed by atoms with Gasteiger partial charge in [0, 0.05) is 32.7 Å². The average molecular weight is 637 g/mol. The quantitative estimate of drug-likeness (QED) is 0.180. The van der Waals surface area contributed by atoms with Crippen LogP contribution in [0, 0.1) is 0 Å². The van der Waals surface area contributed by atoms with Crippen molar-refractivity contribution in [3.63, 3.8) is 0 Å². The minimum absolute atomic E-state index is 0.862. The van der Waals surface area contributed by atoms with E-state index < -0.39 is 0 Å². The van der Waals surface area contributed by atoms with Gasteiger partial charge in [0.2, 0.25) is 0 Å². The van der Waals surface area contributed by atoms with Crippen LogP contribution in [0.15, 0.2) is 179 Å². The first-order chi connectivity index (χ1) is 24.8. The zero-order valence-corrected chi connectivity index (χ0v) is 27.0. The van der Waals surface area contributed by atoms with Crippen molar-refractivity contribution >= 4 is 76.2 Å². The summed E-state index contributed by atoms with van der Waals surface area (Å²) in [5.74, 6) is 0. The maximum absolute atomic E-state index is 6.83. The third-order valence-corrected chi connectivity index (χ3v) is 10.4. The van der Waals surface area contributed by atoms with Crippen molar-refractivity contribution in [2.24, 2.45) is 0 Å². The molecule has 0 spiro atoms. The summed E-state index contributed by atoms with van der Waals surface area (Å²) in [6.45, 7) is 0. The topological polar surface area (TPSA) is 26.3 Å². The van der Waals surface area contributed by atoms with Crippen LogP contribution in [0.25, 0.3) is 110 Å². The molecule has 9 aromatic carbocycles. The molecule has 2 heteroatoms. The molecule has 232 valence electrons. The van der Waals surface area contributed by atoms with Gasteiger partial charge in [-0.2, -0.15) is 0 Å². The van der Waals surface area contributed by atoms with Gasteiger partial charge in [0.25, 0.3) is 0 Å². The molecular weight excluding hydrogens is 609 g/mol. The van der Waals surface area contributed by atoms with E-state index in [2.05, 4.69) is 158 Å². The van der Waals surface area contributed by atoms with Crippen LogP contribution in [0.2, 0.25) is 0 Å². The molecule has 0 aliphatic rings. The highest BCUT2D eigenvalue weighted by Gasteiger charge is 2.25. The van der Waals surface area contributed by atoms with E-state index in [9.17, 15) is 0 Å². The van der Waals surface area contributed by atoms with Crippen LogP contribution < -0.4 is 0 Å². The Hall–Kier alpha value is -6.64. The zero-order chi connectivity index (χ0) is 32.8. The van der Waals surface area contributed by atoms with Crippen LogP contribution in [0.3, 0.4) is 0 Å². The lowest BCUT2D eigenvalue weighted by Crippen LogP contribution is -1.92. The first kappa shape index (κ1) is 27.3. The fourth-order valence-electron chi connectivity index (χ4n) is 8.23. The number of fused-ring (bicyclic) bond motifs is 9. The lowest BCUT2D eigenvalue weighted by atomic mass is 9.84. The van der Waals surface area contributed by atoms with Crippen LogP contribution in [0.5, 0.6) is 0 Å². The highest BCUT2D eigenvalue weighted by molar-refractivity contribution is 6.31. The average Bonchev–Trinajstić information content (AvgIpc) is 3.74. The second kappa shape index (κ2) is 10.4. The smallest absolute Gasteiger partial charge is 0.144 e. The van der Waals surface area contributed by atoms with E-state index in [1.54, 1.807) is 0 Å². The Labute approximate surface area is 287 Å². The summed E-state index contributed by atoms with van der Waals surface area (Å²) < 4.78 is 13.4. The Kier molecular flexibility index (Phi) is 5.70. The summed E-state index contributed by atoms with van der Waals surface area (Å²) in [6.07, 6.45) is 0. The molecule has 0 aliphatic heterocycles. The van der Waals surface area contributed by atoms with Gasteiger partial charge in [-0.25, -0.2) is 0 Å². The largest absolute Gasteiger partial charge is 0.456 e. The predicted octanol–water partition coefficient (Wildman–Crippen LogP) is 13.9. The monoisotopic (exact) mass is 636 g/mol. The Balaban J connectivity index is 1.26. The molecule has 0 N–H and O–H groups in total. The van der Waals surface area contributed by atoms with Gasteiger partial charge in [0.1, 0.15) is 22.3 Å². The normalized spacial score (nSPS) is 12.0. The fraction of sp³-hybridized carbons (Fsp3) is 0. The number of hydrogen-bond donors (Lipinski definition) is 0. The molecule has 0 atom stereocenters. The predicted molar refractivity (Wildman–Crippen MR) is 210 cm³/mol. The molecule has 0 saturated heterocycles. The Bertz CT molecular complexity index is 3090. The molecule has 0 unspecified atom stereocenters. The Morgan fingerprint density at radius 3 is 1.58 bits per heavy atom. The fourth-order valence-corrected chi connectivity index (χ4v) is 8.23. The zero-order valence-electron chi connectivity index (χ0n) is 27.0. The van der Waals surface area contributed by atoms with Crippen molar-refractivity contribution in [2.45, 2.75) is 0 Å². The first-order valence-corrected chi connectivity index (χ1v) is 17.1. The first-order valence-electron chi connectivity index (χ1n) is 17.1. The van der Waals surface area contributed by atoms with Gasteiger partial charge < -0.3 is 8.83 Å². The third-order valence-electron chi connectivity index (χ3n) is 10.4. The molecule has 0 radical (unpaired) electrons. The van der Waals surface area contributed by atoms with Gasteiger partial charge in [-0.1, -0.05) is 140 Å². The molecule has 11 rings (SSSR count). The second-order valence-electron chi connectivity index (χ2n) is 13.2. The molecule has 11 aromatic rings. The molecule has 2 heterocycles. The molecular formula is C48H28O2. The van der Waals surface area contributed by atoms with E-state index in [1.807, 2.05) is 12.1 Å². The number of para-hydroxylation sites is 2. The molecule has 0 amide bonds. The molecule has 0 fully saturated rings. The van der Waals surface area contributed by atoms with E-state index in [1.165, 1.54) is 54.6 Å². The molecule has 2 aromatic heterocycles. The van der Waals surface area contributed by atoms with Crippen molar-refractivity contribution in [3.8, 4) is 33.4 Å². The van der Waals surface area contributed by atoms with Crippen LogP contribution in [-0.2, 0) is 0 Å². The van der Waals surface area contributed by atoms with Gasteiger partial charge in [-0.15, -0.1) is 0 Å². The summed E-state index contributed by atoms with van der Waals surface area (Å²) >= 11 is 0. The van der Waals surface area contributed by atoms with Gasteiger partial charge in [-0.05, 0) is 84.9 Å². The van der Waals surface area contributed by atoms with E-state index in [4.69, 9.17) is 8.83 Å². The summed E-state index contributed by atoms with van der Waals surface area (Å²) in [7, 11) is 0. The van der Waals surface area contributed by atoms with Gasteiger partial charge in [-0.3, -0.25) is 0 Å². The number of rotatable bonds is 3. The van der Waals surface area contributed by atoms with Crippen LogP contribution in [0.4, 0.5) is 0 Å². The summed E-state index contributed by atoms with van der Waals surface area (Å²) in [5.41, 5.74) is 10.5. The molecule has 0 bridgehead atoms. The minimum atomic E-state index is 0.862. The summed E-state index contributed by atoms with van der Waals surface area (Å²) in [5, 5.41) is 11.6. The molecule has 0 aliphatic carbocycles. The van der Waals surface area contributed by atoms with E-state index in [0.717, 1.165) is 55.0 Å². The van der Waals surface area contributed by atoms with Gasteiger partial charge in [0.05, 0.1) is 0 Å². The van der Waals surface area contributed by atoms with Crippen molar-refractivity contribution in [1.29, 1.82) is 0 Å². The van der Waals surface area contributed by atoms with Crippen LogP contribution in [-0.4, -0.2) is 0 Å². The van der Waals surface area contributed by atoms with Crippen LogP contribution >= 0.6 is 0 Å². The molecule has 2 nitrogen and oxygen atoms in total. The van der Waals surface area contributed by atoms with Gasteiger partial charge >= 0.3 is 0 Å². The lowest BCUT2D eigenvalue weighted by molar-refractivity contribution is 0.664. The summed E-state index contributed by atoms with van der Waals surface area (Å²) in [6, 6.07) is 60.8. The Morgan fingerprint density at radius 1 is 0.280 bits per heavy atom. The maximum atomic E-state index is 6.83. The van der Waals surface area contributed by atoms with Crippen molar-refractivity contribution in [2.75, 3.05) is 0 Å². The van der Waals surface area contributed by atoms with Crippen molar-refractivity contribution < 1.29 is 8.83 Å². The van der Waals surface area contributed by atoms with Crippen molar-refractivity contribution in [3.05, 3.63) is 170 Å². The summed E-state index contributed by atoms with van der Waals surface area (Å²) in [4.78, 5) is 0. The minimum Gasteiger partial charge on any atom is -0.456 e. The van der Waals surface area contributed by atoms with Crippen LogP contribution in [0.1, 0.15) is 0 Å². The third kappa shape index (κ3) is 3.90. The maximum Gasteiger partial charge on any atom is 0.144 e. The van der Waals surface area contributed by atoms with Gasteiger partial charge in [0.15, 0.2) is 0 Å². The number of furan rings is 2. The lowest BCUT2D eigenvalue weighted by Gasteiger charge is -2.19. The highest BCUT2D eigenvalue weighted by atomic mass is 16.3. The number of benzene rings is 9.